The van der Waals surface area contributed by atoms with Crippen LogP contribution in [0.3, 0.4) is 0 Å². The molecule has 3 rings (SSSR count). The Bertz CT molecular complexity index is 850. The number of hydrogen-bond acceptors (Lipinski definition) is 7. The van der Waals surface area contributed by atoms with E-state index in [0.29, 0.717) is 16.4 Å². The number of thiazole rings is 1. The number of thioether (sulfide) groups is 1. The van der Waals surface area contributed by atoms with E-state index in [1.807, 2.05) is 6.92 Å². The Labute approximate surface area is 152 Å². The van der Waals surface area contributed by atoms with Gasteiger partial charge in [0, 0.05) is 15.8 Å². The predicted molar refractivity (Wildman–Crippen MR) is 96.4 cm³/mol. The van der Waals surface area contributed by atoms with Crippen molar-refractivity contribution < 1.29 is 19.1 Å². The molecule has 2 N–H and O–H groups in total. The minimum absolute atomic E-state index is 0.0888. The van der Waals surface area contributed by atoms with Crippen LogP contribution >= 0.6 is 23.1 Å². The van der Waals surface area contributed by atoms with E-state index >= 15 is 0 Å². The summed E-state index contributed by atoms with van der Waals surface area (Å²) in [6.45, 7) is 3.80. The molecule has 7 nitrogen and oxygen atoms in total. The summed E-state index contributed by atoms with van der Waals surface area (Å²) in [5, 5.41) is 7.10. The van der Waals surface area contributed by atoms with Crippen LogP contribution < -0.4 is 10.6 Å². The summed E-state index contributed by atoms with van der Waals surface area (Å²) in [7, 11) is 0. The van der Waals surface area contributed by atoms with E-state index in [1.165, 1.54) is 17.1 Å². The second-order valence-corrected chi connectivity index (χ2v) is 7.41. The standard InChI is InChI=1S/C16H15N3O4S2/c1-3-23-15(22)11-7-24-16(18-11)19-14(21)9-4-5-12-10(6-9)17-13(20)8(2)25-12/h4-8H,3H2,1-2H3,(H,17,20)(H,18,19,21)/t8-/m1/s1. The van der Waals surface area contributed by atoms with Crippen molar-refractivity contribution in [2.24, 2.45) is 0 Å². The molecule has 1 aromatic carbocycles. The van der Waals surface area contributed by atoms with Crippen LogP contribution in [-0.4, -0.2) is 34.6 Å². The Balaban J connectivity index is 1.73. The maximum absolute atomic E-state index is 12.4. The van der Waals surface area contributed by atoms with Crippen molar-refractivity contribution in [3.63, 3.8) is 0 Å². The minimum atomic E-state index is -0.526. The molecule has 1 aliphatic rings. The molecule has 0 fully saturated rings. The highest BCUT2D eigenvalue weighted by atomic mass is 32.2. The molecule has 2 amide bonds. The summed E-state index contributed by atoms with van der Waals surface area (Å²) < 4.78 is 4.86. The molecule has 0 unspecified atom stereocenters. The first kappa shape index (κ1) is 17.4. The first-order chi connectivity index (χ1) is 12.0. The van der Waals surface area contributed by atoms with Gasteiger partial charge in [-0.25, -0.2) is 9.78 Å². The summed E-state index contributed by atoms with van der Waals surface area (Å²) in [6, 6.07) is 5.11. The van der Waals surface area contributed by atoms with Crippen LogP contribution in [0.1, 0.15) is 34.7 Å². The molecule has 0 saturated heterocycles. The lowest BCUT2D eigenvalue weighted by Gasteiger charge is -2.21. The maximum Gasteiger partial charge on any atom is 0.357 e. The number of carbonyl (C=O) groups excluding carboxylic acids is 3. The topological polar surface area (TPSA) is 97.4 Å². The summed E-state index contributed by atoms with van der Waals surface area (Å²) in [4.78, 5) is 40.7. The molecule has 0 spiro atoms. The lowest BCUT2D eigenvalue weighted by Crippen LogP contribution is -2.26. The van der Waals surface area contributed by atoms with Crippen LogP contribution in [0.2, 0.25) is 0 Å². The van der Waals surface area contributed by atoms with Crippen molar-refractivity contribution >= 4 is 51.7 Å². The number of anilines is 2. The second-order valence-electron chi connectivity index (χ2n) is 5.17. The van der Waals surface area contributed by atoms with Crippen LogP contribution in [0.25, 0.3) is 0 Å². The first-order valence-electron chi connectivity index (χ1n) is 7.53. The molecule has 0 saturated carbocycles. The Kier molecular flexibility index (Phi) is 5.05. The Hall–Kier alpha value is -2.39. The van der Waals surface area contributed by atoms with Crippen LogP contribution in [0.5, 0.6) is 0 Å². The lowest BCUT2D eigenvalue weighted by atomic mass is 10.2. The number of benzene rings is 1. The zero-order chi connectivity index (χ0) is 18.0. The van der Waals surface area contributed by atoms with Crippen molar-refractivity contribution in [1.82, 2.24) is 4.98 Å². The van der Waals surface area contributed by atoms with Gasteiger partial charge in [-0.15, -0.1) is 23.1 Å². The third kappa shape index (κ3) is 3.83. The molecule has 0 aliphatic carbocycles. The molecule has 1 aliphatic heterocycles. The molecule has 9 heteroatoms. The second kappa shape index (κ2) is 7.24. The van der Waals surface area contributed by atoms with Crippen molar-refractivity contribution in [3.05, 3.63) is 34.8 Å². The number of aromatic nitrogens is 1. The van der Waals surface area contributed by atoms with Crippen molar-refractivity contribution in [3.8, 4) is 0 Å². The first-order valence-corrected chi connectivity index (χ1v) is 9.29. The van der Waals surface area contributed by atoms with E-state index in [2.05, 4.69) is 15.6 Å². The van der Waals surface area contributed by atoms with Gasteiger partial charge in [-0.2, -0.15) is 0 Å². The molecule has 2 heterocycles. The van der Waals surface area contributed by atoms with Crippen molar-refractivity contribution in [2.75, 3.05) is 17.2 Å². The van der Waals surface area contributed by atoms with E-state index in [1.54, 1.807) is 25.1 Å². The maximum atomic E-state index is 12.4. The van der Waals surface area contributed by atoms with Gasteiger partial charge in [-0.3, -0.25) is 14.9 Å². The van der Waals surface area contributed by atoms with Gasteiger partial charge in [0.2, 0.25) is 5.91 Å². The highest BCUT2D eigenvalue weighted by Gasteiger charge is 2.24. The van der Waals surface area contributed by atoms with Gasteiger partial charge in [0.1, 0.15) is 0 Å². The average Bonchev–Trinajstić information content (AvgIpc) is 3.04. The van der Waals surface area contributed by atoms with Crippen molar-refractivity contribution in [2.45, 2.75) is 24.0 Å². The zero-order valence-corrected chi connectivity index (χ0v) is 15.1. The lowest BCUT2D eigenvalue weighted by molar-refractivity contribution is -0.115. The molecule has 0 radical (unpaired) electrons. The summed E-state index contributed by atoms with van der Waals surface area (Å²) in [6.07, 6.45) is 0. The smallest absolute Gasteiger partial charge is 0.357 e. The molecular formula is C16H15N3O4S2. The third-order valence-electron chi connectivity index (χ3n) is 3.38. The molecule has 130 valence electrons. The average molecular weight is 377 g/mol. The fourth-order valence-electron chi connectivity index (χ4n) is 2.15. The molecule has 1 atom stereocenters. The Morgan fingerprint density at radius 3 is 2.96 bits per heavy atom. The summed E-state index contributed by atoms with van der Waals surface area (Å²) in [5.41, 5.74) is 1.17. The number of carbonyl (C=O) groups is 3. The largest absolute Gasteiger partial charge is 0.461 e. The zero-order valence-electron chi connectivity index (χ0n) is 13.5. The number of nitrogens with one attached hydrogen (secondary N) is 2. The minimum Gasteiger partial charge on any atom is -0.461 e. The fraction of sp³-hybridized carbons (Fsp3) is 0.250. The van der Waals surface area contributed by atoms with Crippen LogP contribution in [0.4, 0.5) is 10.8 Å². The van der Waals surface area contributed by atoms with Crippen LogP contribution in [0, 0.1) is 0 Å². The number of amides is 2. The number of esters is 1. The third-order valence-corrected chi connectivity index (χ3v) is 5.32. The van der Waals surface area contributed by atoms with Gasteiger partial charge in [0.25, 0.3) is 5.91 Å². The van der Waals surface area contributed by atoms with E-state index in [4.69, 9.17) is 4.74 Å². The molecule has 25 heavy (non-hydrogen) atoms. The quantitative estimate of drug-likeness (QED) is 0.795. The van der Waals surface area contributed by atoms with E-state index in [-0.39, 0.29) is 29.4 Å². The monoisotopic (exact) mass is 377 g/mol. The molecular weight excluding hydrogens is 362 g/mol. The summed E-state index contributed by atoms with van der Waals surface area (Å²) >= 11 is 2.59. The van der Waals surface area contributed by atoms with E-state index < -0.39 is 5.97 Å². The van der Waals surface area contributed by atoms with Gasteiger partial charge in [0.15, 0.2) is 10.8 Å². The number of rotatable bonds is 4. The van der Waals surface area contributed by atoms with Crippen molar-refractivity contribution in [1.29, 1.82) is 0 Å². The van der Waals surface area contributed by atoms with Gasteiger partial charge < -0.3 is 10.1 Å². The predicted octanol–water partition coefficient (Wildman–Crippen LogP) is 3.00. The number of hydrogen-bond donors (Lipinski definition) is 2. The highest BCUT2D eigenvalue weighted by molar-refractivity contribution is 8.00. The van der Waals surface area contributed by atoms with Crippen LogP contribution in [-0.2, 0) is 9.53 Å². The van der Waals surface area contributed by atoms with E-state index in [0.717, 1.165) is 16.2 Å². The number of ether oxygens (including phenoxy) is 1. The normalized spacial score (nSPS) is 15.9. The molecule has 1 aromatic heterocycles. The van der Waals surface area contributed by atoms with Crippen LogP contribution in [0.15, 0.2) is 28.5 Å². The Morgan fingerprint density at radius 2 is 2.20 bits per heavy atom. The molecule has 0 bridgehead atoms. The number of fused-ring (bicyclic) bond motifs is 1. The Morgan fingerprint density at radius 1 is 1.40 bits per heavy atom. The number of nitrogens with zero attached hydrogens (tertiary/aromatic N) is 1. The highest BCUT2D eigenvalue weighted by Crippen LogP contribution is 2.36. The SMILES string of the molecule is CCOC(=O)c1csc(NC(=O)c2ccc3c(c2)NC(=O)[C@@H](C)S3)n1. The molecule has 2 aromatic rings. The van der Waals surface area contributed by atoms with E-state index in [9.17, 15) is 14.4 Å². The van der Waals surface area contributed by atoms with Gasteiger partial charge >= 0.3 is 5.97 Å². The fourth-order valence-corrected chi connectivity index (χ4v) is 3.75. The van der Waals surface area contributed by atoms with Gasteiger partial charge in [-0.05, 0) is 32.0 Å². The van der Waals surface area contributed by atoms with Gasteiger partial charge in [-0.1, -0.05) is 0 Å². The summed E-state index contributed by atoms with van der Waals surface area (Å²) in [5.74, 6) is -0.985. The van der Waals surface area contributed by atoms with Gasteiger partial charge in [0.05, 0.1) is 17.5 Å².